The van der Waals surface area contributed by atoms with E-state index in [9.17, 15) is 18.0 Å². The molecule has 2 aliphatic rings. The van der Waals surface area contributed by atoms with Gasteiger partial charge < -0.3 is 15.5 Å². The van der Waals surface area contributed by atoms with Gasteiger partial charge in [-0.05, 0) is 82.4 Å². The maximum Gasteiger partial charge on any atom is 0.416 e. The fourth-order valence-corrected chi connectivity index (χ4v) is 5.70. The first-order valence-electron chi connectivity index (χ1n) is 12.3. The number of aryl methyl sites for hydroxylation is 1. The summed E-state index contributed by atoms with van der Waals surface area (Å²) in [5, 5.41) is 16.9. The van der Waals surface area contributed by atoms with Gasteiger partial charge in [0.25, 0.3) is 0 Å². The zero-order chi connectivity index (χ0) is 25.7. The number of aromatic nitrogens is 2. The summed E-state index contributed by atoms with van der Waals surface area (Å²) < 4.78 is 40.3. The Morgan fingerprint density at radius 3 is 2.49 bits per heavy atom. The standard InChI is InChI=1S/C27H30F3N5O.ClH/c1-16-20(5-4-6-23(16)27(28,29)30)17(2)32-24-22-15-19(7-8-21(22)18(3)33-34-24)35-14-11-26(25(35)36)9-12-31-13-10-26;/h4-8,15,17,31H,9-14H2,1-3H3,(H,32,34);1H/t17-;/m1./s1. The van der Waals surface area contributed by atoms with E-state index in [1.807, 2.05) is 36.9 Å². The summed E-state index contributed by atoms with van der Waals surface area (Å²) in [5.74, 6) is 0.648. The number of anilines is 2. The highest BCUT2D eigenvalue weighted by molar-refractivity contribution is 6.03. The normalized spacial score (nSPS) is 18.2. The van der Waals surface area contributed by atoms with Gasteiger partial charge in [-0.2, -0.15) is 18.3 Å². The van der Waals surface area contributed by atoms with Gasteiger partial charge in [-0.1, -0.05) is 18.2 Å². The van der Waals surface area contributed by atoms with E-state index in [4.69, 9.17) is 0 Å². The third-order valence-electron chi connectivity index (χ3n) is 7.83. The van der Waals surface area contributed by atoms with E-state index in [2.05, 4.69) is 20.8 Å². The molecule has 3 aromatic rings. The van der Waals surface area contributed by atoms with Gasteiger partial charge in [-0.15, -0.1) is 17.5 Å². The van der Waals surface area contributed by atoms with E-state index in [1.54, 1.807) is 6.07 Å². The first kappa shape index (κ1) is 27.1. The Bertz CT molecular complexity index is 1320. The van der Waals surface area contributed by atoms with Crippen LogP contribution in [0.25, 0.3) is 10.8 Å². The number of carbonyl (C=O) groups excluding carboxylic acids is 1. The molecule has 1 atom stereocenters. The van der Waals surface area contributed by atoms with Crippen LogP contribution in [0, 0.1) is 19.3 Å². The Labute approximate surface area is 220 Å². The molecule has 1 amide bonds. The van der Waals surface area contributed by atoms with E-state index < -0.39 is 17.8 Å². The van der Waals surface area contributed by atoms with Gasteiger partial charge in [0, 0.05) is 23.0 Å². The van der Waals surface area contributed by atoms with Gasteiger partial charge in [0.2, 0.25) is 5.91 Å². The van der Waals surface area contributed by atoms with Gasteiger partial charge in [0.05, 0.1) is 22.7 Å². The number of nitrogens with one attached hydrogen (secondary N) is 2. The van der Waals surface area contributed by atoms with Crippen LogP contribution in [0.4, 0.5) is 24.7 Å². The van der Waals surface area contributed by atoms with Gasteiger partial charge >= 0.3 is 6.18 Å². The summed E-state index contributed by atoms with van der Waals surface area (Å²) in [7, 11) is 0. The second-order valence-corrected chi connectivity index (χ2v) is 9.98. The maximum atomic E-state index is 13.4. The highest BCUT2D eigenvalue weighted by atomic mass is 35.5. The molecule has 2 aliphatic heterocycles. The molecule has 5 rings (SSSR count). The van der Waals surface area contributed by atoms with Crippen LogP contribution in [-0.4, -0.2) is 35.7 Å². The molecule has 1 spiro atoms. The van der Waals surface area contributed by atoms with Crippen molar-refractivity contribution in [3.8, 4) is 0 Å². The number of piperidine rings is 1. The number of benzene rings is 2. The van der Waals surface area contributed by atoms with Gasteiger partial charge in [0.1, 0.15) is 0 Å². The molecule has 198 valence electrons. The van der Waals surface area contributed by atoms with Gasteiger partial charge in [0.15, 0.2) is 5.82 Å². The minimum absolute atomic E-state index is 0. The second kappa shape index (κ2) is 10.1. The second-order valence-electron chi connectivity index (χ2n) is 9.98. The number of alkyl halides is 3. The number of amides is 1. The summed E-state index contributed by atoms with van der Waals surface area (Å²) in [5.41, 5.74) is 1.34. The molecule has 0 unspecified atom stereocenters. The molecule has 2 aromatic carbocycles. The zero-order valence-electron chi connectivity index (χ0n) is 21.1. The average Bonchev–Trinajstić information content (AvgIpc) is 3.15. The van der Waals surface area contributed by atoms with Gasteiger partial charge in [-0.3, -0.25) is 4.79 Å². The molecule has 10 heteroatoms. The van der Waals surface area contributed by atoms with Crippen molar-refractivity contribution in [2.24, 2.45) is 5.41 Å². The summed E-state index contributed by atoms with van der Waals surface area (Å²) >= 11 is 0. The molecule has 3 heterocycles. The van der Waals surface area contributed by atoms with Crippen LogP contribution < -0.4 is 15.5 Å². The molecule has 0 saturated carbocycles. The number of hydrogen-bond acceptors (Lipinski definition) is 5. The quantitative estimate of drug-likeness (QED) is 0.432. The molecular formula is C27H31ClF3N5O. The highest BCUT2D eigenvalue weighted by Gasteiger charge is 2.47. The van der Waals surface area contributed by atoms with Gasteiger partial charge in [-0.25, -0.2) is 0 Å². The van der Waals surface area contributed by atoms with E-state index in [0.717, 1.165) is 60.6 Å². The van der Waals surface area contributed by atoms with E-state index >= 15 is 0 Å². The van der Waals surface area contributed by atoms with Crippen molar-refractivity contribution in [2.75, 3.05) is 29.9 Å². The number of rotatable bonds is 4. The van der Waals surface area contributed by atoms with Crippen LogP contribution in [0.3, 0.4) is 0 Å². The van der Waals surface area contributed by atoms with Crippen molar-refractivity contribution in [1.82, 2.24) is 15.5 Å². The molecule has 2 fully saturated rings. The largest absolute Gasteiger partial charge is 0.416 e. The van der Waals surface area contributed by atoms with Crippen LogP contribution in [0.15, 0.2) is 36.4 Å². The fraction of sp³-hybridized carbons (Fsp3) is 0.444. The SMILES string of the molecule is Cc1c([C@@H](C)Nc2nnc(C)c3ccc(N4CCC5(CCNCC5)C4=O)cc23)cccc1C(F)(F)F.Cl. The Morgan fingerprint density at radius 2 is 1.78 bits per heavy atom. The summed E-state index contributed by atoms with van der Waals surface area (Å²) in [6, 6.07) is 9.61. The van der Waals surface area contributed by atoms with Crippen molar-refractivity contribution < 1.29 is 18.0 Å². The molecule has 2 N–H and O–H groups in total. The topological polar surface area (TPSA) is 70.2 Å². The van der Waals surface area contributed by atoms with Crippen molar-refractivity contribution in [2.45, 2.75) is 52.3 Å². The smallest absolute Gasteiger partial charge is 0.362 e. The highest BCUT2D eigenvalue weighted by Crippen LogP contribution is 2.43. The number of carbonyl (C=O) groups is 1. The Kier molecular flexibility index (Phi) is 7.41. The lowest BCUT2D eigenvalue weighted by Crippen LogP contribution is -2.42. The minimum atomic E-state index is -4.42. The molecule has 0 aliphatic carbocycles. The first-order valence-corrected chi connectivity index (χ1v) is 12.3. The maximum absolute atomic E-state index is 13.4. The molecule has 0 radical (unpaired) electrons. The third kappa shape index (κ3) is 4.86. The predicted octanol–water partition coefficient (Wildman–Crippen LogP) is 5.97. The number of hydrogen-bond donors (Lipinski definition) is 2. The lowest BCUT2D eigenvalue weighted by molar-refractivity contribution is -0.138. The van der Waals surface area contributed by atoms with Crippen molar-refractivity contribution in [1.29, 1.82) is 0 Å². The minimum Gasteiger partial charge on any atom is -0.362 e. The van der Waals surface area contributed by atoms with Crippen LogP contribution in [0.1, 0.15) is 54.6 Å². The first-order chi connectivity index (χ1) is 17.1. The molecule has 1 aromatic heterocycles. The Morgan fingerprint density at radius 1 is 1.05 bits per heavy atom. The van der Waals surface area contributed by atoms with Crippen molar-refractivity contribution in [3.05, 3.63) is 58.8 Å². The van der Waals surface area contributed by atoms with E-state index in [0.29, 0.717) is 17.9 Å². The average molecular weight is 534 g/mol. The van der Waals surface area contributed by atoms with E-state index in [1.165, 1.54) is 13.0 Å². The summed E-state index contributed by atoms with van der Waals surface area (Å²) in [4.78, 5) is 15.3. The number of halogens is 4. The van der Waals surface area contributed by atoms with Crippen LogP contribution in [0.2, 0.25) is 0 Å². The fourth-order valence-electron chi connectivity index (χ4n) is 5.70. The van der Waals surface area contributed by atoms with Crippen molar-refractivity contribution >= 4 is 40.6 Å². The third-order valence-corrected chi connectivity index (χ3v) is 7.83. The molecular weight excluding hydrogens is 503 g/mol. The number of fused-ring (bicyclic) bond motifs is 1. The Balaban J connectivity index is 0.00000320. The molecule has 37 heavy (non-hydrogen) atoms. The van der Waals surface area contributed by atoms with Crippen LogP contribution in [-0.2, 0) is 11.0 Å². The monoisotopic (exact) mass is 533 g/mol. The molecule has 0 bridgehead atoms. The number of nitrogens with zero attached hydrogens (tertiary/aromatic N) is 3. The van der Waals surface area contributed by atoms with E-state index in [-0.39, 0.29) is 29.3 Å². The lowest BCUT2D eigenvalue weighted by atomic mass is 9.77. The molecule has 6 nitrogen and oxygen atoms in total. The molecule has 2 saturated heterocycles. The summed E-state index contributed by atoms with van der Waals surface area (Å²) in [6.07, 6.45) is -1.88. The van der Waals surface area contributed by atoms with Crippen LogP contribution in [0.5, 0.6) is 0 Å². The lowest BCUT2D eigenvalue weighted by Gasteiger charge is -2.32. The Hall–Kier alpha value is -2.91. The van der Waals surface area contributed by atoms with Crippen LogP contribution >= 0.6 is 12.4 Å². The predicted molar refractivity (Wildman–Crippen MR) is 141 cm³/mol. The zero-order valence-corrected chi connectivity index (χ0v) is 21.9. The summed E-state index contributed by atoms with van der Waals surface area (Å²) in [6.45, 7) is 7.54. The van der Waals surface area contributed by atoms with Crippen molar-refractivity contribution in [3.63, 3.8) is 0 Å².